The third kappa shape index (κ3) is 4.36. The molecule has 0 fully saturated rings. The number of rotatable bonds is 6. The van der Waals surface area contributed by atoms with E-state index < -0.39 is 0 Å². The molecule has 3 rings (SSSR count). The van der Waals surface area contributed by atoms with Crippen molar-refractivity contribution in [1.29, 1.82) is 0 Å². The summed E-state index contributed by atoms with van der Waals surface area (Å²) in [5.74, 6) is 0.968. The monoisotopic (exact) mass is 389 g/mol. The summed E-state index contributed by atoms with van der Waals surface area (Å²) in [5, 5.41) is 11.8. The van der Waals surface area contributed by atoms with Gasteiger partial charge in [0.1, 0.15) is 5.75 Å². The van der Waals surface area contributed by atoms with Gasteiger partial charge in [0.25, 0.3) is 11.1 Å². The minimum atomic E-state index is -0.169. The molecule has 26 heavy (non-hydrogen) atoms. The molecule has 3 aromatic rings. The number of ether oxygens (including phenoxy) is 1. The Bertz CT molecular complexity index is 930. The van der Waals surface area contributed by atoms with Crippen molar-refractivity contribution in [1.82, 2.24) is 10.2 Å². The number of amides is 1. The van der Waals surface area contributed by atoms with Crippen molar-refractivity contribution in [2.45, 2.75) is 12.1 Å². The number of thioether (sulfide) groups is 1. The molecule has 0 aliphatic heterocycles. The van der Waals surface area contributed by atoms with Crippen LogP contribution in [0.25, 0.3) is 11.5 Å². The number of aryl methyl sites for hydroxylation is 1. The Balaban J connectivity index is 1.62. The second-order valence-corrected chi connectivity index (χ2v) is 6.73. The molecular weight excluding hydrogens is 374 g/mol. The predicted octanol–water partition coefficient (Wildman–Crippen LogP) is 4.44. The summed E-state index contributed by atoms with van der Waals surface area (Å²) in [5.41, 5.74) is 2.32. The number of hydrogen-bond donors (Lipinski definition) is 1. The highest BCUT2D eigenvalue weighted by Gasteiger charge is 2.14. The van der Waals surface area contributed by atoms with Gasteiger partial charge in [-0.3, -0.25) is 4.79 Å². The van der Waals surface area contributed by atoms with Gasteiger partial charge in [0.05, 0.1) is 18.4 Å². The van der Waals surface area contributed by atoms with E-state index in [4.69, 9.17) is 20.8 Å². The zero-order chi connectivity index (χ0) is 18.5. The van der Waals surface area contributed by atoms with Gasteiger partial charge in [0, 0.05) is 10.7 Å². The third-order valence-corrected chi connectivity index (χ3v) is 4.59. The van der Waals surface area contributed by atoms with E-state index in [2.05, 4.69) is 15.5 Å². The van der Waals surface area contributed by atoms with Gasteiger partial charge in [-0.25, -0.2) is 0 Å². The molecule has 0 spiro atoms. The number of aromatic nitrogens is 2. The number of hydrogen-bond acceptors (Lipinski definition) is 6. The summed E-state index contributed by atoms with van der Waals surface area (Å²) >= 11 is 7.08. The average Bonchev–Trinajstić information content (AvgIpc) is 3.11. The van der Waals surface area contributed by atoms with E-state index in [0.717, 1.165) is 11.3 Å². The zero-order valence-electron chi connectivity index (χ0n) is 14.2. The number of anilines is 1. The number of benzene rings is 2. The number of para-hydroxylation sites is 1. The summed E-state index contributed by atoms with van der Waals surface area (Å²) in [6.45, 7) is 1.88. The lowest BCUT2D eigenvalue weighted by molar-refractivity contribution is -0.113. The van der Waals surface area contributed by atoms with Crippen molar-refractivity contribution in [3.8, 4) is 17.2 Å². The van der Waals surface area contributed by atoms with Crippen LogP contribution in [0.15, 0.2) is 52.1 Å². The average molecular weight is 390 g/mol. The maximum absolute atomic E-state index is 12.1. The van der Waals surface area contributed by atoms with Gasteiger partial charge in [-0.2, -0.15) is 0 Å². The van der Waals surface area contributed by atoms with Crippen LogP contribution in [-0.2, 0) is 4.79 Å². The molecule has 0 saturated carbocycles. The van der Waals surface area contributed by atoms with Crippen molar-refractivity contribution in [2.75, 3.05) is 18.2 Å². The topological polar surface area (TPSA) is 77.2 Å². The molecule has 6 nitrogen and oxygen atoms in total. The van der Waals surface area contributed by atoms with Crippen LogP contribution in [0.1, 0.15) is 5.56 Å². The minimum Gasteiger partial charge on any atom is -0.496 e. The Hall–Kier alpha value is -2.51. The highest BCUT2D eigenvalue weighted by molar-refractivity contribution is 7.99. The van der Waals surface area contributed by atoms with Gasteiger partial charge in [-0.1, -0.05) is 35.5 Å². The first-order valence-corrected chi connectivity index (χ1v) is 9.09. The van der Waals surface area contributed by atoms with Gasteiger partial charge in [0.2, 0.25) is 5.91 Å². The molecule has 0 unspecified atom stereocenters. The summed E-state index contributed by atoms with van der Waals surface area (Å²) in [6.07, 6.45) is 0. The van der Waals surface area contributed by atoms with Crippen LogP contribution < -0.4 is 10.1 Å². The van der Waals surface area contributed by atoms with Crippen molar-refractivity contribution in [3.63, 3.8) is 0 Å². The fourth-order valence-corrected chi connectivity index (χ4v) is 3.07. The fourth-order valence-electron chi connectivity index (χ4n) is 2.28. The molecule has 8 heteroatoms. The van der Waals surface area contributed by atoms with Crippen LogP contribution in [0.3, 0.4) is 0 Å². The molecule has 0 radical (unpaired) electrons. The lowest BCUT2D eigenvalue weighted by Crippen LogP contribution is -2.14. The van der Waals surface area contributed by atoms with Crippen LogP contribution in [0.2, 0.25) is 5.02 Å². The van der Waals surface area contributed by atoms with E-state index in [1.165, 1.54) is 11.8 Å². The molecule has 1 N–H and O–H groups in total. The van der Waals surface area contributed by atoms with E-state index in [9.17, 15) is 4.79 Å². The highest BCUT2D eigenvalue weighted by Crippen LogP contribution is 2.30. The Morgan fingerprint density at radius 1 is 1.27 bits per heavy atom. The molecule has 0 bridgehead atoms. The van der Waals surface area contributed by atoms with Crippen molar-refractivity contribution in [2.24, 2.45) is 0 Å². The second kappa shape index (κ2) is 8.25. The van der Waals surface area contributed by atoms with Gasteiger partial charge >= 0.3 is 0 Å². The number of nitrogens with zero attached hydrogens (tertiary/aromatic N) is 2. The molecule has 0 atom stereocenters. The standard InChI is InChI=1S/C18H16ClN3O3S/c1-11-9-12(19)7-8-14(11)20-16(23)10-26-18-22-21-17(25-18)13-5-3-4-6-15(13)24-2/h3-9H,10H2,1-2H3,(H,20,23). The molecule has 1 aromatic heterocycles. The Morgan fingerprint density at radius 3 is 2.85 bits per heavy atom. The van der Waals surface area contributed by atoms with Crippen LogP contribution in [0, 0.1) is 6.92 Å². The van der Waals surface area contributed by atoms with E-state index >= 15 is 0 Å². The SMILES string of the molecule is COc1ccccc1-c1nnc(SCC(=O)Nc2ccc(Cl)cc2C)o1. The van der Waals surface area contributed by atoms with E-state index in [1.54, 1.807) is 25.3 Å². The van der Waals surface area contributed by atoms with Crippen LogP contribution in [-0.4, -0.2) is 29.0 Å². The first kappa shape index (κ1) is 18.3. The lowest BCUT2D eigenvalue weighted by atomic mass is 10.2. The predicted molar refractivity (Wildman–Crippen MR) is 102 cm³/mol. The van der Waals surface area contributed by atoms with Gasteiger partial charge in [-0.05, 0) is 42.8 Å². The fraction of sp³-hybridized carbons (Fsp3) is 0.167. The number of halogens is 1. The summed E-state index contributed by atoms with van der Waals surface area (Å²) in [4.78, 5) is 12.1. The Kier molecular flexibility index (Phi) is 5.80. The van der Waals surface area contributed by atoms with Gasteiger partial charge < -0.3 is 14.5 Å². The van der Waals surface area contributed by atoms with Gasteiger partial charge in [0.15, 0.2) is 0 Å². The third-order valence-electron chi connectivity index (χ3n) is 3.53. The number of methoxy groups -OCH3 is 1. The van der Waals surface area contributed by atoms with E-state index in [-0.39, 0.29) is 11.7 Å². The highest BCUT2D eigenvalue weighted by atomic mass is 35.5. The number of carbonyl (C=O) groups excluding carboxylic acids is 1. The largest absolute Gasteiger partial charge is 0.496 e. The number of carbonyl (C=O) groups is 1. The maximum atomic E-state index is 12.1. The molecule has 1 amide bonds. The smallest absolute Gasteiger partial charge is 0.277 e. The van der Waals surface area contributed by atoms with Crippen molar-refractivity contribution < 1.29 is 13.9 Å². The quantitative estimate of drug-likeness (QED) is 0.628. The second-order valence-electron chi connectivity index (χ2n) is 5.37. The molecule has 1 heterocycles. The van der Waals surface area contributed by atoms with Crippen LogP contribution in [0.4, 0.5) is 5.69 Å². The molecule has 134 valence electrons. The normalized spacial score (nSPS) is 10.6. The summed E-state index contributed by atoms with van der Waals surface area (Å²) in [7, 11) is 1.58. The maximum Gasteiger partial charge on any atom is 0.277 e. The molecule has 0 saturated heterocycles. The zero-order valence-corrected chi connectivity index (χ0v) is 15.7. The van der Waals surface area contributed by atoms with Crippen LogP contribution in [0.5, 0.6) is 5.75 Å². The molecule has 0 aliphatic carbocycles. The Labute approximate surface area is 159 Å². The lowest BCUT2D eigenvalue weighted by Gasteiger charge is -2.07. The van der Waals surface area contributed by atoms with Crippen molar-refractivity contribution >= 4 is 35.0 Å². The first-order chi connectivity index (χ1) is 12.6. The van der Waals surface area contributed by atoms with Crippen LogP contribution >= 0.6 is 23.4 Å². The molecular formula is C18H16ClN3O3S. The molecule has 0 aliphatic rings. The van der Waals surface area contributed by atoms with E-state index in [1.807, 2.05) is 31.2 Å². The molecule has 2 aromatic carbocycles. The van der Waals surface area contributed by atoms with Gasteiger partial charge in [-0.15, -0.1) is 10.2 Å². The van der Waals surface area contributed by atoms with Crippen molar-refractivity contribution in [3.05, 3.63) is 53.1 Å². The minimum absolute atomic E-state index is 0.148. The number of nitrogens with one attached hydrogen (secondary N) is 1. The summed E-state index contributed by atoms with van der Waals surface area (Å²) < 4.78 is 10.9. The first-order valence-electron chi connectivity index (χ1n) is 7.72. The summed E-state index contributed by atoms with van der Waals surface area (Å²) in [6, 6.07) is 12.7. The Morgan fingerprint density at radius 2 is 2.08 bits per heavy atom. The van der Waals surface area contributed by atoms with E-state index in [0.29, 0.717) is 27.4 Å².